The molecule has 2 aliphatic rings. The van der Waals surface area contributed by atoms with E-state index in [0.29, 0.717) is 11.1 Å². The largest absolute Gasteiger partial charge is 0.444 e. The maximum absolute atomic E-state index is 12.1. The van der Waals surface area contributed by atoms with Crippen LogP contribution >= 0.6 is 0 Å². The number of anilines is 2. The van der Waals surface area contributed by atoms with Crippen LogP contribution in [0.15, 0.2) is 12.3 Å². The highest BCUT2D eigenvalue weighted by molar-refractivity contribution is 6.01. The summed E-state index contributed by atoms with van der Waals surface area (Å²) >= 11 is 0. The normalized spacial score (nSPS) is 19.0. The summed E-state index contributed by atoms with van der Waals surface area (Å²) in [5.41, 5.74) is 1.26. The van der Waals surface area contributed by atoms with Gasteiger partial charge >= 0.3 is 6.09 Å². The number of amides is 1. The Labute approximate surface area is 154 Å². The molecule has 0 bridgehead atoms. The van der Waals surface area contributed by atoms with Gasteiger partial charge in [-0.15, -0.1) is 0 Å². The highest BCUT2D eigenvalue weighted by Crippen LogP contribution is 2.39. The van der Waals surface area contributed by atoms with Crippen LogP contribution < -0.4 is 10.2 Å². The number of nitrogens with one attached hydrogen (secondary N) is 1. The fourth-order valence-corrected chi connectivity index (χ4v) is 3.33. The Kier molecular flexibility index (Phi) is 4.92. The summed E-state index contributed by atoms with van der Waals surface area (Å²) in [6.45, 7) is 10.3. The first-order valence-corrected chi connectivity index (χ1v) is 9.01. The molecular formula is C19H27N3O4. The van der Waals surface area contributed by atoms with Gasteiger partial charge in [0.15, 0.2) is 5.78 Å². The number of rotatable bonds is 3. The van der Waals surface area contributed by atoms with Gasteiger partial charge < -0.3 is 14.4 Å². The Hall–Kier alpha value is -2.15. The van der Waals surface area contributed by atoms with Crippen molar-refractivity contribution in [1.29, 1.82) is 0 Å². The molecule has 0 atom stereocenters. The zero-order valence-corrected chi connectivity index (χ0v) is 15.9. The van der Waals surface area contributed by atoms with Gasteiger partial charge in [-0.3, -0.25) is 10.1 Å². The molecule has 1 N–H and O–H groups in total. The molecule has 2 aliphatic heterocycles. The summed E-state index contributed by atoms with van der Waals surface area (Å²) in [5, 5.41) is 2.68. The molecule has 0 saturated carbocycles. The van der Waals surface area contributed by atoms with Crippen molar-refractivity contribution in [3.8, 4) is 0 Å². The third-order valence-electron chi connectivity index (χ3n) is 4.85. The monoisotopic (exact) mass is 361 g/mol. The first-order chi connectivity index (χ1) is 12.2. The number of piperidine rings is 1. The van der Waals surface area contributed by atoms with Crippen LogP contribution in [0.25, 0.3) is 0 Å². The van der Waals surface area contributed by atoms with Crippen LogP contribution in [0.2, 0.25) is 0 Å². The van der Waals surface area contributed by atoms with E-state index >= 15 is 0 Å². The van der Waals surface area contributed by atoms with Crippen molar-refractivity contribution in [2.24, 2.45) is 5.41 Å². The highest BCUT2D eigenvalue weighted by atomic mass is 16.6. The fraction of sp³-hybridized carbons (Fsp3) is 0.632. The van der Waals surface area contributed by atoms with Crippen molar-refractivity contribution in [2.75, 3.05) is 36.5 Å². The lowest BCUT2D eigenvalue weighted by Gasteiger charge is -2.47. The zero-order chi connectivity index (χ0) is 18.9. The minimum atomic E-state index is -0.614. The molecule has 0 aliphatic carbocycles. The highest BCUT2D eigenvalue weighted by Gasteiger charge is 2.41. The summed E-state index contributed by atoms with van der Waals surface area (Å²) in [7, 11) is 0. The standard InChI is InChI=1S/C19H27N3O4/c1-13(23)16-15(21-17(24)26-18(2,3)4)9-14(10-20-16)22-7-5-19(6-8-22)11-25-12-19/h9-10H,5-8,11-12H2,1-4H3,(H,21,24). The molecule has 142 valence electrons. The van der Waals surface area contributed by atoms with Gasteiger partial charge in [0.1, 0.15) is 11.3 Å². The van der Waals surface area contributed by atoms with Crippen LogP contribution in [0.1, 0.15) is 51.0 Å². The second-order valence-corrected chi connectivity index (χ2v) is 8.25. The molecule has 0 radical (unpaired) electrons. The average molecular weight is 361 g/mol. The number of Topliss-reactive ketones (excluding diaryl/α,β-unsaturated/α-hetero) is 1. The second-order valence-electron chi connectivity index (χ2n) is 8.25. The molecule has 26 heavy (non-hydrogen) atoms. The number of hydrogen-bond acceptors (Lipinski definition) is 6. The minimum absolute atomic E-state index is 0.202. The lowest BCUT2D eigenvalue weighted by molar-refractivity contribution is -0.124. The fourth-order valence-electron chi connectivity index (χ4n) is 3.33. The molecule has 3 heterocycles. The number of hydrogen-bond donors (Lipinski definition) is 1. The maximum atomic E-state index is 12.1. The molecule has 3 rings (SSSR count). The van der Waals surface area contributed by atoms with Gasteiger partial charge in [-0.2, -0.15) is 0 Å². The van der Waals surface area contributed by atoms with Gasteiger partial charge in [0.05, 0.1) is 30.8 Å². The predicted octanol–water partition coefficient (Wildman–Crippen LogP) is 3.25. The van der Waals surface area contributed by atoms with Gasteiger partial charge in [-0.05, 0) is 39.7 Å². The minimum Gasteiger partial charge on any atom is -0.444 e. The number of ether oxygens (including phenoxy) is 2. The first kappa shape index (κ1) is 18.6. The van der Waals surface area contributed by atoms with E-state index in [-0.39, 0.29) is 11.5 Å². The molecule has 1 spiro atoms. The molecule has 2 fully saturated rings. The average Bonchev–Trinajstić information content (AvgIpc) is 2.51. The number of aromatic nitrogens is 1. The summed E-state index contributed by atoms with van der Waals surface area (Å²) in [4.78, 5) is 30.5. The van der Waals surface area contributed by atoms with E-state index in [9.17, 15) is 9.59 Å². The van der Waals surface area contributed by atoms with Crippen LogP contribution in [-0.4, -0.2) is 48.8 Å². The van der Waals surface area contributed by atoms with Gasteiger partial charge in [0, 0.05) is 25.4 Å². The van der Waals surface area contributed by atoms with Crippen molar-refractivity contribution in [1.82, 2.24) is 4.98 Å². The van der Waals surface area contributed by atoms with Crippen molar-refractivity contribution < 1.29 is 19.1 Å². The molecule has 0 aromatic carbocycles. The summed E-state index contributed by atoms with van der Waals surface area (Å²) in [5.74, 6) is -0.202. The molecule has 7 nitrogen and oxygen atoms in total. The second kappa shape index (κ2) is 6.87. The molecule has 7 heteroatoms. The van der Waals surface area contributed by atoms with Crippen molar-refractivity contribution >= 4 is 23.3 Å². The Morgan fingerprint density at radius 1 is 1.27 bits per heavy atom. The summed E-state index contributed by atoms with van der Waals surface area (Å²) in [6.07, 6.45) is 3.27. The van der Waals surface area contributed by atoms with Gasteiger partial charge in [0.25, 0.3) is 0 Å². The topological polar surface area (TPSA) is 80.8 Å². The Balaban J connectivity index is 1.75. The van der Waals surface area contributed by atoms with E-state index in [1.54, 1.807) is 27.0 Å². The van der Waals surface area contributed by atoms with Crippen LogP contribution in [0.4, 0.5) is 16.2 Å². The zero-order valence-electron chi connectivity index (χ0n) is 15.9. The molecule has 2 saturated heterocycles. The quantitative estimate of drug-likeness (QED) is 0.833. The number of carbonyl (C=O) groups is 2. The van der Waals surface area contributed by atoms with Crippen LogP contribution in [-0.2, 0) is 9.47 Å². The lowest BCUT2D eigenvalue weighted by Crippen LogP contribution is -2.51. The Morgan fingerprint density at radius 3 is 2.42 bits per heavy atom. The molecular weight excluding hydrogens is 334 g/mol. The third kappa shape index (κ3) is 4.15. The van der Waals surface area contributed by atoms with Crippen molar-refractivity contribution in [3.63, 3.8) is 0 Å². The van der Waals surface area contributed by atoms with Crippen LogP contribution in [0, 0.1) is 5.41 Å². The predicted molar refractivity (Wildman–Crippen MR) is 98.8 cm³/mol. The van der Waals surface area contributed by atoms with Crippen molar-refractivity contribution in [3.05, 3.63) is 18.0 Å². The summed E-state index contributed by atoms with van der Waals surface area (Å²) in [6, 6.07) is 1.81. The SMILES string of the molecule is CC(=O)c1ncc(N2CCC3(CC2)COC3)cc1NC(=O)OC(C)(C)C. The summed E-state index contributed by atoms with van der Waals surface area (Å²) < 4.78 is 10.7. The van der Waals surface area contributed by atoms with Crippen molar-refractivity contribution in [2.45, 2.75) is 46.1 Å². The Morgan fingerprint density at radius 2 is 1.92 bits per heavy atom. The number of pyridine rings is 1. The van der Waals surface area contributed by atoms with E-state index in [2.05, 4.69) is 15.2 Å². The smallest absolute Gasteiger partial charge is 0.412 e. The van der Waals surface area contributed by atoms with Crippen LogP contribution in [0.3, 0.4) is 0 Å². The first-order valence-electron chi connectivity index (χ1n) is 9.01. The number of carbonyl (C=O) groups excluding carboxylic acids is 2. The number of ketones is 1. The number of nitrogens with zero attached hydrogens (tertiary/aromatic N) is 2. The van der Waals surface area contributed by atoms with E-state index < -0.39 is 11.7 Å². The Bertz CT molecular complexity index is 697. The molecule has 1 amide bonds. The van der Waals surface area contributed by atoms with Gasteiger partial charge in [-0.1, -0.05) is 0 Å². The molecule has 1 aromatic rings. The molecule has 1 aromatic heterocycles. The van der Waals surface area contributed by atoms with E-state index in [0.717, 1.165) is 44.8 Å². The maximum Gasteiger partial charge on any atom is 0.412 e. The van der Waals surface area contributed by atoms with E-state index in [4.69, 9.17) is 9.47 Å². The van der Waals surface area contributed by atoms with E-state index in [1.807, 2.05) is 6.07 Å². The third-order valence-corrected chi connectivity index (χ3v) is 4.85. The van der Waals surface area contributed by atoms with Gasteiger partial charge in [-0.25, -0.2) is 9.78 Å². The van der Waals surface area contributed by atoms with Gasteiger partial charge in [0.2, 0.25) is 0 Å². The van der Waals surface area contributed by atoms with Crippen LogP contribution in [0.5, 0.6) is 0 Å². The van der Waals surface area contributed by atoms with E-state index in [1.165, 1.54) is 6.92 Å². The molecule has 0 unspecified atom stereocenters. The lowest BCUT2D eigenvalue weighted by atomic mass is 9.77.